The van der Waals surface area contributed by atoms with Gasteiger partial charge in [0.25, 0.3) is 0 Å². The van der Waals surface area contributed by atoms with E-state index in [0.29, 0.717) is 6.42 Å². The molecule has 0 aliphatic heterocycles. The number of aliphatic hydroxyl groups excluding tert-OH is 2. The highest BCUT2D eigenvalue weighted by Gasteiger charge is 2.17. The lowest BCUT2D eigenvalue weighted by Crippen LogP contribution is -2.45. The first-order valence-corrected chi connectivity index (χ1v) is 21.4. The number of carbonyl (C=O) groups excluding carboxylic acids is 1. The van der Waals surface area contributed by atoms with Crippen molar-refractivity contribution in [3.05, 3.63) is 12.2 Å². The summed E-state index contributed by atoms with van der Waals surface area (Å²) < 4.78 is 0. The fourth-order valence-electron chi connectivity index (χ4n) is 6.71. The zero-order valence-corrected chi connectivity index (χ0v) is 32.1. The van der Waals surface area contributed by atoms with Crippen molar-refractivity contribution in [2.75, 3.05) is 6.61 Å². The first-order valence-electron chi connectivity index (χ1n) is 21.4. The summed E-state index contributed by atoms with van der Waals surface area (Å²) in [7, 11) is 0. The summed E-state index contributed by atoms with van der Waals surface area (Å²) >= 11 is 0. The lowest BCUT2D eigenvalue weighted by Gasteiger charge is -2.20. The molecule has 0 aliphatic rings. The molecular weight excluding hydrogens is 578 g/mol. The first kappa shape index (κ1) is 46.1. The van der Waals surface area contributed by atoms with Gasteiger partial charge in [0, 0.05) is 6.42 Å². The van der Waals surface area contributed by atoms with Gasteiger partial charge >= 0.3 is 0 Å². The summed E-state index contributed by atoms with van der Waals surface area (Å²) in [5.41, 5.74) is 0. The molecule has 47 heavy (non-hydrogen) atoms. The van der Waals surface area contributed by atoms with Gasteiger partial charge in [-0.2, -0.15) is 0 Å². The number of nitrogens with one attached hydrogen (secondary N) is 1. The summed E-state index contributed by atoms with van der Waals surface area (Å²) in [5, 5.41) is 22.8. The van der Waals surface area contributed by atoms with Crippen molar-refractivity contribution in [2.45, 2.75) is 251 Å². The molecule has 280 valence electrons. The summed E-state index contributed by atoms with van der Waals surface area (Å²) in [6.07, 6.45) is 49.1. The Kier molecular flexibility index (Phi) is 38.8. The molecule has 2 unspecified atom stereocenters. The zero-order chi connectivity index (χ0) is 34.3. The van der Waals surface area contributed by atoms with Gasteiger partial charge in [-0.05, 0) is 19.3 Å². The molecule has 0 aromatic rings. The molecule has 0 saturated heterocycles. The van der Waals surface area contributed by atoms with E-state index in [1.165, 1.54) is 193 Å². The van der Waals surface area contributed by atoms with Crippen molar-refractivity contribution in [1.29, 1.82) is 0 Å². The molecule has 0 rings (SSSR count). The van der Waals surface area contributed by atoms with Crippen LogP contribution < -0.4 is 5.32 Å². The number of aliphatic hydroxyl groups is 2. The van der Waals surface area contributed by atoms with Gasteiger partial charge in [0.2, 0.25) is 5.91 Å². The van der Waals surface area contributed by atoms with Gasteiger partial charge in [-0.1, -0.05) is 225 Å². The van der Waals surface area contributed by atoms with Crippen LogP contribution in [0, 0.1) is 0 Å². The number of amides is 1. The van der Waals surface area contributed by atoms with E-state index in [4.69, 9.17) is 0 Å². The Hall–Kier alpha value is -0.870. The van der Waals surface area contributed by atoms with Crippen molar-refractivity contribution >= 4 is 5.91 Å². The molecule has 1 amide bonds. The molecule has 0 spiro atoms. The summed E-state index contributed by atoms with van der Waals surface area (Å²) in [6, 6.07) is -0.614. The molecule has 0 fully saturated rings. The van der Waals surface area contributed by atoms with Crippen LogP contribution in [0.15, 0.2) is 12.2 Å². The molecule has 3 N–H and O–H groups in total. The Bertz CT molecular complexity index is 637. The molecular formula is C43H85NO3. The van der Waals surface area contributed by atoms with Crippen molar-refractivity contribution in [2.24, 2.45) is 0 Å². The molecule has 4 heteroatoms. The van der Waals surface area contributed by atoms with E-state index in [-0.39, 0.29) is 12.5 Å². The minimum absolute atomic E-state index is 0.0630. The van der Waals surface area contributed by atoms with E-state index >= 15 is 0 Å². The van der Waals surface area contributed by atoms with Gasteiger partial charge in [0.05, 0.1) is 18.8 Å². The Labute approximate surface area is 295 Å². The third kappa shape index (κ3) is 36.2. The Morgan fingerprint density at radius 3 is 1.11 bits per heavy atom. The van der Waals surface area contributed by atoms with E-state index in [1.54, 1.807) is 6.08 Å². The molecule has 0 aliphatic carbocycles. The summed E-state index contributed by atoms with van der Waals surface area (Å²) in [6.45, 7) is 4.28. The number of hydrogen-bond acceptors (Lipinski definition) is 3. The highest BCUT2D eigenvalue weighted by molar-refractivity contribution is 5.76. The Morgan fingerprint density at radius 2 is 0.787 bits per heavy atom. The van der Waals surface area contributed by atoms with Crippen molar-refractivity contribution < 1.29 is 15.0 Å². The summed E-state index contributed by atoms with van der Waals surface area (Å²) in [5.74, 6) is -0.0630. The Balaban J connectivity index is 3.39. The number of rotatable bonds is 39. The van der Waals surface area contributed by atoms with Crippen LogP contribution in [-0.2, 0) is 4.79 Å². The summed E-state index contributed by atoms with van der Waals surface area (Å²) in [4.78, 5) is 12.3. The molecule has 0 heterocycles. The molecule has 2 atom stereocenters. The molecule has 0 aromatic heterocycles. The van der Waals surface area contributed by atoms with Crippen molar-refractivity contribution in [3.63, 3.8) is 0 Å². The van der Waals surface area contributed by atoms with Crippen LogP contribution in [0.1, 0.15) is 239 Å². The van der Waals surface area contributed by atoms with Gasteiger partial charge < -0.3 is 15.5 Å². The van der Waals surface area contributed by atoms with Crippen molar-refractivity contribution in [3.8, 4) is 0 Å². The largest absolute Gasteiger partial charge is 0.394 e. The quantitative estimate of drug-likeness (QED) is 0.0453. The fraction of sp³-hybridized carbons (Fsp3) is 0.930. The molecule has 0 radical (unpaired) electrons. The van der Waals surface area contributed by atoms with Gasteiger partial charge in [-0.3, -0.25) is 4.79 Å². The average molecular weight is 664 g/mol. The zero-order valence-electron chi connectivity index (χ0n) is 32.1. The van der Waals surface area contributed by atoms with Crippen LogP contribution in [0.25, 0.3) is 0 Å². The molecule has 4 nitrogen and oxygen atoms in total. The highest BCUT2D eigenvalue weighted by Crippen LogP contribution is 2.16. The third-order valence-corrected chi connectivity index (χ3v) is 10.0. The standard InChI is InChI=1S/C43H85NO3/c1-3-5-7-9-11-13-14-15-16-17-18-19-20-21-22-23-24-25-26-27-28-29-30-31-33-35-37-39-43(47)44-41(40-45)42(46)38-36-34-32-12-10-8-6-4-2/h36,38,41-42,45-46H,3-35,37,39-40H2,1-2H3,(H,44,47)/b38-36+. The van der Waals surface area contributed by atoms with Crippen LogP contribution in [0.2, 0.25) is 0 Å². The predicted molar refractivity (Wildman–Crippen MR) is 207 cm³/mol. The lowest BCUT2D eigenvalue weighted by molar-refractivity contribution is -0.123. The van der Waals surface area contributed by atoms with Crippen LogP contribution in [-0.4, -0.2) is 34.9 Å². The lowest BCUT2D eigenvalue weighted by atomic mass is 10.0. The second kappa shape index (κ2) is 39.6. The van der Waals surface area contributed by atoms with Gasteiger partial charge in [0.1, 0.15) is 0 Å². The number of unbranched alkanes of at least 4 members (excludes halogenated alkanes) is 32. The predicted octanol–water partition coefficient (Wildman–Crippen LogP) is 13.1. The minimum Gasteiger partial charge on any atom is -0.394 e. The topological polar surface area (TPSA) is 69.6 Å². The first-order chi connectivity index (χ1) is 23.2. The fourth-order valence-corrected chi connectivity index (χ4v) is 6.71. The van der Waals surface area contributed by atoms with Crippen LogP contribution >= 0.6 is 0 Å². The van der Waals surface area contributed by atoms with E-state index in [9.17, 15) is 15.0 Å². The number of allylic oxidation sites excluding steroid dienone is 1. The minimum atomic E-state index is -0.831. The Morgan fingerprint density at radius 1 is 0.489 bits per heavy atom. The monoisotopic (exact) mass is 664 g/mol. The van der Waals surface area contributed by atoms with Gasteiger partial charge in [-0.15, -0.1) is 0 Å². The SMILES string of the molecule is CCCCCCCC/C=C/C(O)C(CO)NC(=O)CCCCCCCCCCCCCCCCCCCCCCCCCCCCC. The smallest absolute Gasteiger partial charge is 0.220 e. The average Bonchev–Trinajstić information content (AvgIpc) is 3.07. The van der Waals surface area contributed by atoms with Crippen LogP contribution in [0.4, 0.5) is 0 Å². The maximum absolute atomic E-state index is 12.3. The van der Waals surface area contributed by atoms with Crippen LogP contribution in [0.5, 0.6) is 0 Å². The van der Waals surface area contributed by atoms with Gasteiger partial charge in [0.15, 0.2) is 0 Å². The third-order valence-electron chi connectivity index (χ3n) is 10.0. The van der Waals surface area contributed by atoms with E-state index < -0.39 is 12.1 Å². The van der Waals surface area contributed by atoms with E-state index in [2.05, 4.69) is 19.2 Å². The maximum atomic E-state index is 12.3. The number of hydrogen-bond donors (Lipinski definition) is 3. The van der Waals surface area contributed by atoms with Crippen molar-refractivity contribution in [1.82, 2.24) is 5.32 Å². The second-order valence-corrected chi connectivity index (χ2v) is 14.8. The van der Waals surface area contributed by atoms with Crippen LogP contribution in [0.3, 0.4) is 0 Å². The molecule has 0 aromatic carbocycles. The second-order valence-electron chi connectivity index (χ2n) is 14.8. The van der Waals surface area contributed by atoms with Gasteiger partial charge in [-0.25, -0.2) is 0 Å². The molecule has 0 bridgehead atoms. The highest BCUT2D eigenvalue weighted by atomic mass is 16.3. The normalized spacial score (nSPS) is 13.0. The van der Waals surface area contributed by atoms with E-state index in [0.717, 1.165) is 25.7 Å². The maximum Gasteiger partial charge on any atom is 0.220 e. The van der Waals surface area contributed by atoms with E-state index in [1.807, 2.05) is 6.08 Å². The number of carbonyl (C=O) groups is 1. The molecule has 0 saturated carbocycles.